The molecule has 8 heteroatoms. The monoisotopic (exact) mass is 347 g/mol. The number of methoxy groups -OCH3 is 1. The number of aliphatic hydroxyl groups is 1. The highest BCUT2D eigenvalue weighted by Gasteiger charge is 2.62. The lowest BCUT2D eigenvalue weighted by molar-refractivity contribution is -0.266. The second-order valence-corrected chi connectivity index (χ2v) is 5.27. The van der Waals surface area contributed by atoms with Crippen LogP contribution in [0.15, 0.2) is 24.3 Å². The number of halogens is 3. The first-order chi connectivity index (χ1) is 11.1. The van der Waals surface area contributed by atoms with Gasteiger partial charge in [-0.15, -0.1) is 0 Å². The van der Waals surface area contributed by atoms with Crippen LogP contribution >= 0.6 is 0 Å². The van der Waals surface area contributed by atoms with Crippen LogP contribution in [-0.4, -0.2) is 36.8 Å². The smallest absolute Gasteiger partial charge is 0.432 e. The molecule has 0 heterocycles. The average molecular weight is 347 g/mol. The minimum atomic E-state index is -5.25. The first kappa shape index (κ1) is 20.0. The van der Waals surface area contributed by atoms with Gasteiger partial charge in [0.1, 0.15) is 0 Å². The Balaban J connectivity index is 3.24. The number of amides is 1. The lowest BCUT2D eigenvalue weighted by atomic mass is 9.93. The van der Waals surface area contributed by atoms with Crippen molar-refractivity contribution in [3.8, 4) is 0 Å². The Hall–Kier alpha value is -2.09. The number of carbonyl (C=O) groups excluding carboxylic acids is 2. The molecule has 1 N–H and O–H groups in total. The lowest BCUT2D eigenvalue weighted by Crippen LogP contribution is -2.49. The zero-order valence-corrected chi connectivity index (χ0v) is 13.7. The summed E-state index contributed by atoms with van der Waals surface area (Å²) in [5, 5.41) is 9.89. The van der Waals surface area contributed by atoms with Crippen LogP contribution in [0.5, 0.6) is 0 Å². The molecule has 1 aromatic carbocycles. The van der Waals surface area contributed by atoms with Gasteiger partial charge in [0.05, 0.1) is 7.11 Å². The molecule has 0 saturated heterocycles. The van der Waals surface area contributed by atoms with Gasteiger partial charge in [-0.2, -0.15) is 13.2 Å². The van der Waals surface area contributed by atoms with E-state index < -0.39 is 23.3 Å². The fraction of sp³-hybridized carbons (Fsp3) is 0.500. The van der Waals surface area contributed by atoms with Crippen molar-refractivity contribution in [2.45, 2.75) is 38.5 Å². The van der Waals surface area contributed by atoms with E-state index in [1.165, 1.54) is 24.0 Å². The molecule has 1 amide bonds. The van der Waals surface area contributed by atoms with Crippen molar-refractivity contribution in [1.29, 1.82) is 0 Å². The molecule has 1 rings (SSSR count). The summed E-state index contributed by atoms with van der Waals surface area (Å²) in [6.45, 7) is 3.72. The molecular formula is C16H20F3NO4. The van der Waals surface area contributed by atoms with Crippen LogP contribution in [0.4, 0.5) is 18.9 Å². The van der Waals surface area contributed by atoms with Gasteiger partial charge >= 0.3 is 12.1 Å². The molecule has 24 heavy (non-hydrogen) atoms. The van der Waals surface area contributed by atoms with Gasteiger partial charge in [0.15, 0.2) is 0 Å². The molecule has 0 aliphatic heterocycles. The predicted molar refractivity (Wildman–Crippen MR) is 81.3 cm³/mol. The van der Waals surface area contributed by atoms with E-state index >= 15 is 0 Å². The van der Waals surface area contributed by atoms with Crippen molar-refractivity contribution in [2.24, 2.45) is 0 Å². The Kier molecular flexibility index (Phi) is 6.36. The van der Waals surface area contributed by atoms with Gasteiger partial charge in [0.2, 0.25) is 5.91 Å². The van der Waals surface area contributed by atoms with E-state index in [4.69, 9.17) is 0 Å². The summed E-state index contributed by atoms with van der Waals surface area (Å²) >= 11 is 0. The quantitative estimate of drug-likeness (QED) is 0.804. The molecule has 134 valence electrons. The number of anilines is 1. The van der Waals surface area contributed by atoms with Gasteiger partial charge in [-0.1, -0.05) is 25.5 Å². The first-order valence-electron chi connectivity index (χ1n) is 7.35. The van der Waals surface area contributed by atoms with E-state index in [9.17, 15) is 27.9 Å². The fourth-order valence-corrected chi connectivity index (χ4v) is 2.21. The van der Waals surface area contributed by atoms with E-state index in [0.29, 0.717) is 12.2 Å². The molecule has 0 spiro atoms. The molecule has 0 aromatic heterocycles. The topological polar surface area (TPSA) is 66.8 Å². The van der Waals surface area contributed by atoms with Crippen LogP contribution in [0.25, 0.3) is 0 Å². The fourth-order valence-electron chi connectivity index (χ4n) is 2.21. The van der Waals surface area contributed by atoms with Crippen LogP contribution in [0, 0.1) is 0 Å². The number of rotatable bonds is 6. The highest BCUT2D eigenvalue weighted by molar-refractivity contribution is 5.91. The van der Waals surface area contributed by atoms with E-state index in [0.717, 1.165) is 32.1 Å². The lowest BCUT2D eigenvalue weighted by Gasteiger charge is -2.28. The van der Waals surface area contributed by atoms with Crippen molar-refractivity contribution >= 4 is 17.6 Å². The van der Waals surface area contributed by atoms with Gasteiger partial charge in [-0.3, -0.25) is 4.79 Å². The number of hydrogen-bond donors (Lipinski definition) is 1. The maximum Gasteiger partial charge on any atom is 0.432 e. The number of hydrogen-bond acceptors (Lipinski definition) is 4. The van der Waals surface area contributed by atoms with Gasteiger partial charge in [0, 0.05) is 24.7 Å². The number of ether oxygens (including phenoxy) is 1. The molecule has 0 fully saturated rings. The predicted octanol–water partition coefficient (Wildman–Crippen LogP) is 2.76. The van der Waals surface area contributed by atoms with E-state index in [2.05, 4.69) is 4.74 Å². The SMILES string of the molecule is CCCCN(C(C)=O)c1ccc([C@@](O)(C(=O)OC)C(F)(F)F)cc1. The van der Waals surface area contributed by atoms with Crippen molar-refractivity contribution in [1.82, 2.24) is 0 Å². The Bertz CT molecular complexity index is 586. The third kappa shape index (κ3) is 3.87. The van der Waals surface area contributed by atoms with Crippen molar-refractivity contribution in [3.63, 3.8) is 0 Å². The number of esters is 1. The maximum atomic E-state index is 13.2. The first-order valence-corrected chi connectivity index (χ1v) is 7.35. The second-order valence-electron chi connectivity index (χ2n) is 5.27. The van der Waals surface area contributed by atoms with E-state index in [1.807, 2.05) is 6.92 Å². The second kappa shape index (κ2) is 7.65. The van der Waals surface area contributed by atoms with E-state index in [-0.39, 0.29) is 5.91 Å². The summed E-state index contributed by atoms with van der Waals surface area (Å²) in [6.07, 6.45) is -3.67. The van der Waals surface area contributed by atoms with Crippen LogP contribution < -0.4 is 4.90 Å². The van der Waals surface area contributed by atoms with Gasteiger partial charge in [-0.25, -0.2) is 4.79 Å². The molecule has 0 saturated carbocycles. The normalized spacial score (nSPS) is 14.0. The molecule has 1 aromatic rings. The molecule has 0 bridgehead atoms. The third-order valence-corrected chi connectivity index (χ3v) is 3.60. The van der Waals surface area contributed by atoms with Crippen LogP contribution in [-0.2, 0) is 19.9 Å². The highest BCUT2D eigenvalue weighted by Crippen LogP contribution is 2.40. The largest absolute Gasteiger partial charge is 0.466 e. The summed E-state index contributed by atoms with van der Waals surface area (Å²) in [5.41, 5.74) is -4.05. The zero-order valence-electron chi connectivity index (χ0n) is 13.7. The summed E-state index contributed by atoms with van der Waals surface area (Å²) in [5.74, 6) is -2.08. The molecule has 5 nitrogen and oxygen atoms in total. The summed E-state index contributed by atoms with van der Waals surface area (Å²) < 4.78 is 43.6. The number of carbonyl (C=O) groups is 2. The van der Waals surface area contributed by atoms with Crippen LogP contribution in [0.3, 0.4) is 0 Å². The highest BCUT2D eigenvalue weighted by atomic mass is 19.4. The van der Waals surface area contributed by atoms with Gasteiger partial charge in [-0.05, 0) is 18.6 Å². The summed E-state index contributed by atoms with van der Waals surface area (Å²) in [6, 6.07) is 4.43. The van der Waals surface area contributed by atoms with Crippen molar-refractivity contribution in [3.05, 3.63) is 29.8 Å². The van der Waals surface area contributed by atoms with Crippen molar-refractivity contribution < 1.29 is 32.6 Å². The maximum absolute atomic E-state index is 13.2. The summed E-state index contributed by atoms with van der Waals surface area (Å²) in [7, 11) is 0.760. The minimum absolute atomic E-state index is 0.254. The van der Waals surface area contributed by atoms with Gasteiger partial charge in [0.25, 0.3) is 5.60 Å². The summed E-state index contributed by atoms with van der Waals surface area (Å²) in [4.78, 5) is 24.6. The van der Waals surface area contributed by atoms with Crippen LogP contribution in [0.2, 0.25) is 0 Å². The molecule has 0 radical (unpaired) electrons. The van der Waals surface area contributed by atoms with Gasteiger partial charge < -0.3 is 14.7 Å². The molecule has 0 unspecified atom stereocenters. The van der Waals surface area contributed by atoms with Crippen molar-refractivity contribution in [2.75, 3.05) is 18.6 Å². The average Bonchev–Trinajstić information content (AvgIpc) is 2.52. The van der Waals surface area contributed by atoms with E-state index in [1.54, 1.807) is 0 Å². The Morgan fingerprint density at radius 1 is 1.21 bits per heavy atom. The molecule has 0 aliphatic rings. The zero-order chi connectivity index (χ0) is 18.5. The molecule has 1 atom stereocenters. The Morgan fingerprint density at radius 2 is 1.75 bits per heavy atom. The molecular weight excluding hydrogens is 327 g/mol. The molecule has 0 aliphatic carbocycles. The third-order valence-electron chi connectivity index (χ3n) is 3.60. The number of nitrogens with zero attached hydrogens (tertiary/aromatic N) is 1. The number of alkyl halides is 3. The Morgan fingerprint density at radius 3 is 2.12 bits per heavy atom. The number of unbranched alkanes of at least 4 members (excludes halogenated alkanes) is 1. The standard InChI is InChI=1S/C16H20F3NO4/c1-4-5-10-20(11(2)21)13-8-6-12(7-9-13)15(23,14(22)24-3)16(17,18)19/h6-9,23H,4-5,10H2,1-3H3/t15-/m1/s1. The number of benzene rings is 1. The Labute approximate surface area is 138 Å². The van der Waals surface area contributed by atoms with Crippen LogP contribution in [0.1, 0.15) is 32.3 Å². The minimum Gasteiger partial charge on any atom is -0.466 e.